The summed E-state index contributed by atoms with van der Waals surface area (Å²) in [5, 5.41) is 6.97. The van der Waals surface area contributed by atoms with Gasteiger partial charge in [-0.2, -0.15) is 0 Å². The summed E-state index contributed by atoms with van der Waals surface area (Å²) in [6.07, 6.45) is 0.289. The summed E-state index contributed by atoms with van der Waals surface area (Å²) >= 11 is 4.57. The Bertz CT molecular complexity index is 428. The average molecular weight is 472 g/mol. The van der Waals surface area contributed by atoms with Gasteiger partial charge in [0.05, 0.1) is 6.42 Å². The van der Waals surface area contributed by atoms with Crippen molar-refractivity contribution in [3.63, 3.8) is 0 Å². The molecule has 0 heterocycles. The number of carbonyl (C=O) groups excluding carboxylic acids is 1. The Kier molecular flexibility index (Phi) is 6.68. The van der Waals surface area contributed by atoms with Crippen molar-refractivity contribution < 1.29 is 4.79 Å². The van der Waals surface area contributed by atoms with E-state index in [0.717, 1.165) is 14.4 Å². The first kappa shape index (κ1) is 15.5. The zero-order valence-electron chi connectivity index (χ0n) is 9.59. The fourth-order valence-electron chi connectivity index (χ4n) is 1.51. The second kappa shape index (κ2) is 7.77. The third kappa shape index (κ3) is 4.59. The highest BCUT2D eigenvalue weighted by Gasteiger charge is 2.11. The number of hydrogen-bond acceptors (Lipinski definition) is 2. The first-order valence-electron chi connectivity index (χ1n) is 5.19. The lowest BCUT2D eigenvalue weighted by Gasteiger charge is -2.12. The highest BCUT2D eigenvalue weighted by atomic mass is 127. The summed E-state index contributed by atoms with van der Waals surface area (Å²) in [6.45, 7) is 0. The first-order valence-corrected chi connectivity index (χ1v) is 8.24. The van der Waals surface area contributed by atoms with E-state index in [-0.39, 0.29) is 18.3 Å². The third-order valence-electron chi connectivity index (χ3n) is 2.33. The van der Waals surface area contributed by atoms with Gasteiger partial charge in [-0.05, 0) is 16.7 Å². The molecule has 1 aromatic carbocycles. The van der Waals surface area contributed by atoms with Gasteiger partial charge in [0.15, 0.2) is 0 Å². The van der Waals surface area contributed by atoms with Crippen LogP contribution in [0.3, 0.4) is 0 Å². The number of benzene rings is 1. The van der Waals surface area contributed by atoms with Crippen LogP contribution in [-0.2, 0) is 20.1 Å². The Balaban J connectivity index is 2.82. The lowest BCUT2D eigenvalue weighted by molar-refractivity contribution is -0.121. The van der Waals surface area contributed by atoms with E-state index >= 15 is 0 Å². The number of rotatable bonds is 4. The maximum absolute atomic E-state index is 11.7. The van der Waals surface area contributed by atoms with Crippen LogP contribution in [0.25, 0.3) is 0 Å². The average Bonchev–Trinajstić information content (AvgIpc) is 2.36. The molecule has 0 bridgehead atoms. The van der Waals surface area contributed by atoms with Crippen molar-refractivity contribution in [1.29, 1.82) is 5.41 Å². The number of amides is 1. The Morgan fingerprint density at radius 3 is 2.22 bits per heavy atom. The van der Waals surface area contributed by atoms with Crippen LogP contribution in [0.4, 0.5) is 0 Å². The van der Waals surface area contributed by atoms with Crippen LogP contribution in [0, 0.1) is 5.41 Å². The van der Waals surface area contributed by atoms with Gasteiger partial charge in [0.25, 0.3) is 0 Å². The van der Waals surface area contributed by atoms with Gasteiger partial charge in [0, 0.05) is 8.86 Å². The van der Waals surface area contributed by atoms with Gasteiger partial charge < -0.3 is 5.73 Å². The molecule has 0 atom stereocenters. The number of guanidine groups is 1. The van der Waals surface area contributed by atoms with Crippen LogP contribution >= 0.6 is 45.2 Å². The van der Waals surface area contributed by atoms with E-state index < -0.39 is 0 Å². The fraction of sp³-hybridized carbons (Fsp3) is 0.273. The van der Waals surface area contributed by atoms with E-state index in [1.54, 1.807) is 0 Å². The van der Waals surface area contributed by atoms with E-state index in [0.29, 0.717) is 0 Å². The maximum atomic E-state index is 11.7. The molecule has 0 aliphatic rings. The predicted octanol–water partition coefficient (Wildman–Crippen LogP) is 1.61. The molecule has 0 unspecified atom stereocenters. The van der Waals surface area contributed by atoms with Crippen LogP contribution in [0.1, 0.15) is 16.7 Å². The van der Waals surface area contributed by atoms with Gasteiger partial charge in [0.2, 0.25) is 11.9 Å². The van der Waals surface area contributed by atoms with Gasteiger partial charge in [-0.1, -0.05) is 63.4 Å². The molecule has 1 rings (SSSR count). The minimum absolute atomic E-state index is 0.200. The van der Waals surface area contributed by atoms with E-state index in [1.807, 2.05) is 18.2 Å². The molecule has 1 aromatic rings. The zero-order valence-corrected chi connectivity index (χ0v) is 13.9. The summed E-state index contributed by atoms with van der Waals surface area (Å²) in [5.41, 5.74) is 13.2. The highest BCUT2D eigenvalue weighted by molar-refractivity contribution is 14.1. The molecule has 1 amide bonds. The van der Waals surface area contributed by atoms with Crippen molar-refractivity contribution in [3.8, 4) is 0 Å². The molecule has 0 aliphatic carbocycles. The van der Waals surface area contributed by atoms with E-state index in [4.69, 9.17) is 11.1 Å². The molecule has 0 saturated carbocycles. The van der Waals surface area contributed by atoms with Gasteiger partial charge in [-0.15, -0.1) is 0 Å². The van der Waals surface area contributed by atoms with Crippen molar-refractivity contribution in [2.24, 2.45) is 5.73 Å². The molecule has 0 saturated heterocycles. The summed E-state index contributed by atoms with van der Waals surface area (Å²) < 4.78 is 1.73. The number of nitrogens with two attached hydrogens (primary N) is 1. The van der Waals surface area contributed by atoms with Crippen molar-refractivity contribution in [1.82, 2.24) is 10.9 Å². The highest BCUT2D eigenvalue weighted by Crippen LogP contribution is 2.20. The SMILES string of the molecule is N=C(N)NNC(=O)Cc1c(CI)cccc1CI. The third-order valence-corrected chi connectivity index (χ3v) is 3.98. The second-order valence-corrected chi connectivity index (χ2v) is 5.11. The van der Waals surface area contributed by atoms with E-state index in [9.17, 15) is 4.79 Å². The molecular formula is C11H14I2N4O. The smallest absolute Gasteiger partial charge is 0.242 e. The van der Waals surface area contributed by atoms with Crippen molar-refractivity contribution in [2.75, 3.05) is 0 Å². The van der Waals surface area contributed by atoms with Crippen LogP contribution in [-0.4, -0.2) is 11.9 Å². The molecule has 0 aromatic heterocycles. The first-order chi connectivity index (χ1) is 8.58. The normalized spacial score (nSPS) is 9.89. The largest absolute Gasteiger partial charge is 0.369 e. The number of alkyl halides is 2. The number of hydrazine groups is 1. The summed E-state index contributed by atoms with van der Waals surface area (Å²) in [7, 11) is 0. The van der Waals surface area contributed by atoms with Crippen LogP contribution < -0.4 is 16.6 Å². The minimum atomic E-state index is -0.278. The maximum Gasteiger partial charge on any atom is 0.242 e. The minimum Gasteiger partial charge on any atom is -0.369 e. The number of halogens is 2. The van der Waals surface area contributed by atoms with Gasteiger partial charge in [0.1, 0.15) is 0 Å². The van der Waals surface area contributed by atoms with Crippen molar-refractivity contribution in [3.05, 3.63) is 34.9 Å². The molecule has 5 N–H and O–H groups in total. The predicted molar refractivity (Wildman–Crippen MR) is 88.8 cm³/mol. The summed E-state index contributed by atoms with van der Waals surface area (Å²) in [6, 6.07) is 6.07. The number of hydrogen-bond donors (Lipinski definition) is 4. The molecule has 18 heavy (non-hydrogen) atoms. The lowest BCUT2D eigenvalue weighted by atomic mass is 10.00. The second-order valence-electron chi connectivity index (χ2n) is 3.59. The van der Waals surface area contributed by atoms with E-state index in [1.165, 1.54) is 11.1 Å². The molecule has 0 aliphatic heterocycles. The molecule has 0 spiro atoms. The summed E-state index contributed by atoms with van der Waals surface area (Å²) in [4.78, 5) is 11.7. The van der Waals surface area contributed by atoms with E-state index in [2.05, 4.69) is 56.0 Å². The molecule has 0 fully saturated rings. The Morgan fingerprint density at radius 2 is 1.78 bits per heavy atom. The molecule has 7 heteroatoms. The number of nitrogens with one attached hydrogen (secondary N) is 3. The molecule has 98 valence electrons. The lowest BCUT2D eigenvalue weighted by Crippen LogP contribution is -2.45. The van der Waals surface area contributed by atoms with Gasteiger partial charge in [-0.3, -0.25) is 21.1 Å². The van der Waals surface area contributed by atoms with Crippen molar-refractivity contribution >= 4 is 57.0 Å². The number of carbonyl (C=O) groups is 1. The van der Waals surface area contributed by atoms with Crippen molar-refractivity contribution in [2.45, 2.75) is 15.3 Å². The summed E-state index contributed by atoms with van der Waals surface area (Å²) in [5.74, 6) is -0.478. The Labute approximate surface area is 133 Å². The topological polar surface area (TPSA) is 91.0 Å². The van der Waals surface area contributed by atoms with Crippen LogP contribution in [0.5, 0.6) is 0 Å². The molecular weight excluding hydrogens is 458 g/mol. The monoisotopic (exact) mass is 472 g/mol. The van der Waals surface area contributed by atoms with Crippen LogP contribution in [0.15, 0.2) is 18.2 Å². The van der Waals surface area contributed by atoms with Gasteiger partial charge >= 0.3 is 0 Å². The standard InChI is InChI=1S/C11H14I2N4O/c12-5-7-2-1-3-8(6-13)9(7)4-10(18)16-17-11(14)15/h1-3H,4-6H2,(H,16,18)(H4,14,15,17). The van der Waals surface area contributed by atoms with Crippen LogP contribution in [0.2, 0.25) is 0 Å². The van der Waals surface area contributed by atoms with Gasteiger partial charge in [-0.25, -0.2) is 0 Å². The zero-order chi connectivity index (χ0) is 13.5. The fourth-order valence-corrected chi connectivity index (χ4v) is 2.94. The quantitative estimate of drug-likeness (QED) is 0.177. The Hall–Kier alpha value is -0.580. The molecule has 5 nitrogen and oxygen atoms in total. The molecule has 0 radical (unpaired) electrons. The Morgan fingerprint density at radius 1 is 1.22 bits per heavy atom.